The van der Waals surface area contributed by atoms with E-state index in [1.54, 1.807) is 20.9 Å². The van der Waals surface area contributed by atoms with Crippen LogP contribution in [0.1, 0.15) is 45.6 Å². The maximum absolute atomic E-state index is 13.0. The van der Waals surface area contributed by atoms with E-state index in [4.69, 9.17) is 4.42 Å². The summed E-state index contributed by atoms with van der Waals surface area (Å²) < 4.78 is 5.27. The maximum Gasteiger partial charge on any atom is 0.276 e. The normalized spacial score (nSPS) is 14.7. The van der Waals surface area contributed by atoms with E-state index < -0.39 is 0 Å². The van der Waals surface area contributed by atoms with E-state index >= 15 is 0 Å². The SMILES string of the molecule is CCc1ocnc1C(=O)N1CCCN(C(=O)c2cnc(N(C)C)nc2C)CC1. The minimum atomic E-state index is -0.144. The van der Waals surface area contributed by atoms with Gasteiger partial charge in [-0.3, -0.25) is 9.59 Å². The Morgan fingerprint density at radius 2 is 1.79 bits per heavy atom. The van der Waals surface area contributed by atoms with Crippen LogP contribution in [-0.2, 0) is 6.42 Å². The number of carbonyl (C=O) groups is 2. The van der Waals surface area contributed by atoms with Crippen molar-refractivity contribution in [2.45, 2.75) is 26.7 Å². The van der Waals surface area contributed by atoms with Crippen LogP contribution in [0.25, 0.3) is 0 Å². The van der Waals surface area contributed by atoms with Crippen LogP contribution in [-0.4, -0.2) is 76.8 Å². The van der Waals surface area contributed by atoms with Crippen LogP contribution in [0.3, 0.4) is 0 Å². The zero-order chi connectivity index (χ0) is 20.3. The van der Waals surface area contributed by atoms with Crippen molar-refractivity contribution in [3.8, 4) is 0 Å². The van der Waals surface area contributed by atoms with Crippen molar-refractivity contribution in [1.29, 1.82) is 0 Å². The fourth-order valence-corrected chi connectivity index (χ4v) is 3.22. The van der Waals surface area contributed by atoms with E-state index in [-0.39, 0.29) is 11.8 Å². The summed E-state index contributed by atoms with van der Waals surface area (Å²) >= 11 is 0. The lowest BCUT2D eigenvalue weighted by molar-refractivity contribution is 0.0714. The third-order valence-electron chi connectivity index (χ3n) is 4.83. The Kier molecular flexibility index (Phi) is 5.91. The molecule has 0 spiro atoms. The predicted octanol–water partition coefficient (Wildman–Crippen LogP) is 1.39. The molecule has 2 amide bonds. The third kappa shape index (κ3) is 3.97. The van der Waals surface area contributed by atoms with Crippen molar-refractivity contribution >= 4 is 17.8 Å². The molecule has 0 aliphatic carbocycles. The van der Waals surface area contributed by atoms with Crippen molar-refractivity contribution in [3.05, 3.63) is 35.3 Å². The van der Waals surface area contributed by atoms with Gasteiger partial charge in [-0.1, -0.05) is 6.92 Å². The van der Waals surface area contributed by atoms with Gasteiger partial charge in [0, 0.05) is 52.9 Å². The first-order valence-electron chi connectivity index (χ1n) is 9.44. The highest BCUT2D eigenvalue weighted by Crippen LogP contribution is 2.16. The Labute approximate surface area is 164 Å². The number of oxazole rings is 1. The highest BCUT2D eigenvalue weighted by molar-refractivity contribution is 5.95. The number of aromatic nitrogens is 3. The molecule has 28 heavy (non-hydrogen) atoms. The highest BCUT2D eigenvalue weighted by atomic mass is 16.3. The molecule has 2 aromatic heterocycles. The lowest BCUT2D eigenvalue weighted by Gasteiger charge is -2.22. The smallest absolute Gasteiger partial charge is 0.276 e. The molecule has 1 aliphatic rings. The molecule has 9 nitrogen and oxygen atoms in total. The number of hydrogen-bond donors (Lipinski definition) is 0. The van der Waals surface area contributed by atoms with E-state index in [1.807, 2.05) is 27.9 Å². The van der Waals surface area contributed by atoms with Gasteiger partial charge in [0.25, 0.3) is 11.8 Å². The molecule has 0 aromatic carbocycles. The molecule has 150 valence electrons. The van der Waals surface area contributed by atoms with Gasteiger partial charge < -0.3 is 19.1 Å². The average Bonchev–Trinajstić information content (AvgIpc) is 3.03. The molecule has 0 radical (unpaired) electrons. The molecule has 1 aliphatic heterocycles. The van der Waals surface area contributed by atoms with Gasteiger partial charge in [-0.05, 0) is 13.3 Å². The van der Waals surface area contributed by atoms with Crippen LogP contribution < -0.4 is 4.90 Å². The van der Waals surface area contributed by atoms with Gasteiger partial charge in [0.1, 0.15) is 5.76 Å². The van der Waals surface area contributed by atoms with Crippen LogP contribution >= 0.6 is 0 Å². The van der Waals surface area contributed by atoms with Crippen LogP contribution in [0.15, 0.2) is 17.0 Å². The monoisotopic (exact) mass is 386 g/mol. The Balaban J connectivity index is 1.70. The fourth-order valence-electron chi connectivity index (χ4n) is 3.22. The lowest BCUT2D eigenvalue weighted by Crippen LogP contribution is -2.38. The molecule has 3 rings (SSSR count). The minimum Gasteiger partial charge on any atom is -0.448 e. The maximum atomic E-state index is 13.0. The van der Waals surface area contributed by atoms with Crippen LogP contribution in [0, 0.1) is 6.92 Å². The summed E-state index contributed by atoms with van der Waals surface area (Å²) in [7, 11) is 3.71. The van der Waals surface area contributed by atoms with Gasteiger partial charge in [0.15, 0.2) is 12.1 Å². The third-order valence-corrected chi connectivity index (χ3v) is 4.83. The Hall–Kier alpha value is -2.97. The molecule has 1 fully saturated rings. The Morgan fingerprint density at radius 3 is 2.39 bits per heavy atom. The molecule has 9 heteroatoms. The van der Waals surface area contributed by atoms with Gasteiger partial charge in [0.05, 0.1) is 11.3 Å². The molecule has 2 aromatic rings. The van der Waals surface area contributed by atoms with Crippen LogP contribution in [0.2, 0.25) is 0 Å². The first-order chi connectivity index (χ1) is 13.4. The summed E-state index contributed by atoms with van der Waals surface area (Å²) in [4.78, 5) is 43.7. The topological polar surface area (TPSA) is 95.7 Å². The van der Waals surface area contributed by atoms with Crippen molar-refractivity contribution in [1.82, 2.24) is 24.8 Å². The number of rotatable bonds is 4. The van der Waals surface area contributed by atoms with E-state index in [0.717, 1.165) is 0 Å². The molecular weight excluding hydrogens is 360 g/mol. The number of anilines is 1. The number of aryl methyl sites for hydroxylation is 2. The molecular formula is C19H26N6O3. The quantitative estimate of drug-likeness (QED) is 0.783. The van der Waals surface area contributed by atoms with Gasteiger partial charge in [-0.2, -0.15) is 0 Å². The molecule has 0 saturated carbocycles. The molecule has 0 N–H and O–H groups in total. The molecule has 1 saturated heterocycles. The van der Waals surface area contributed by atoms with Gasteiger partial charge in [-0.15, -0.1) is 0 Å². The summed E-state index contributed by atoms with van der Waals surface area (Å²) in [6.07, 6.45) is 4.20. The van der Waals surface area contributed by atoms with Gasteiger partial charge >= 0.3 is 0 Å². The van der Waals surface area contributed by atoms with E-state index in [2.05, 4.69) is 15.0 Å². The summed E-state index contributed by atoms with van der Waals surface area (Å²) in [5.74, 6) is 0.916. The molecule has 3 heterocycles. The van der Waals surface area contributed by atoms with E-state index in [0.29, 0.717) is 67.7 Å². The Bertz CT molecular complexity index is 863. The number of nitrogens with zero attached hydrogens (tertiary/aromatic N) is 6. The molecule has 0 bridgehead atoms. The Morgan fingerprint density at radius 1 is 1.11 bits per heavy atom. The molecule has 0 unspecified atom stereocenters. The van der Waals surface area contributed by atoms with Crippen molar-refractivity contribution in [2.75, 3.05) is 45.2 Å². The van der Waals surface area contributed by atoms with Gasteiger partial charge in [0.2, 0.25) is 5.95 Å². The second-order valence-corrected chi connectivity index (χ2v) is 6.98. The number of carbonyl (C=O) groups excluding carboxylic acids is 2. The second-order valence-electron chi connectivity index (χ2n) is 6.98. The largest absolute Gasteiger partial charge is 0.448 e. The second kappa shape index (κ2) is 8.37. The summed E-state index contributed by atoms with van der Waals surface area (Å²) in [5.41, 5.74) is 1.51. The summed E-state index contributed by atoms with van der Waals surface area (Å²) in [6, 6.07) is 0. The van der Waals surface area contributed by atoms with Gasteiger partial charge in [-0.25, -0.2) is 15.0 Å². The zero-order valence-electron chi connectivity index (χ0n) is 16.8. The highest BCUT2D eigenvalue weighted by Gasteiger charge is 2.27. The average molecular weight is 386 g/mol. The minimum absolute atomic E-state index is 0.104. The summed E-state index contributed by atoms with van der Waals surface area (Å²) in [6.45, 7) is 5.80. The van der Waals surface area contributed by atoms with Crippen molar-refractivity contribution in [3.63, 3.8) is 0 Å². The van der Waals surface area contributed by atoms with E-state index in [9.17, 15) is 9.59 Å². The standard InChI is InChI=1S/C19H26N6O3/c1-5-15-16(21-12-28-15)18(27)25-8-6-7-24(9-10-25)17(26)14-11-20-19(23(3)4)22-13(14)2/h11-12H,5-10H2,1-4H3. The van der Waals surface area contributed by atoms with E-state index in [1.165, 1.54) is 6.39 Å². The first kappa shape index (κ1) is 19.8. The number of hydrogen-bond acceptors (Lipinski definition) is 7. The summed E-state index contributed by atoms with van der Waals surface area (Å²) in [5, 5.41) is 0. The lowest BCUT2D eigenvalue weighted by atomic mass is 10.2. The zero-order valence-corrected chi connectivity index (χ0v) is 16.8. The van der Waals surface area contributed by atoms with Crippen molar-refractivity contribution in [2.24, 2.45) is 0 Å². The number of amides is 2. The molecule has 0 atom stereocenters. The van der Waals surface area contributed by atoms with Crippen LogP contribution in [0.4, 0.5) is 5.95 Å². The fraction of sp³-hybridized carbons (Fsp3) is 0.526. The van der Waals surface area contributed by atoms with Crippen LogP contribution in [0.5, 0.6) is 0 Å². The van der Waals surface area contributed by atoms with Crippen molar-refractivity contribution < 1.29 is 14.0 Å². The predicted molar refractivity (Wildman–Crippen MR) is 103 cm³/mol. The first-order valence-corrected chi connectivity index (χ1v) is 9.44.